The van der Waals surface area contributed by atoms with E-state index in [9.17, 15) is 14.9 Å². The minimum Gasteiger partial charge on any atom is -0.379 e. The quantitative estimate of drug-likeness (QED) is 0.585. The van der Waals surface area contributed by atoms with Gasteiger partial charge in [-0.25, -0.2) is 4.52 Å². The van der Waals surface area contributed by atoms with E-state index < -0.39 is 11.3 Å². The molecular formula is C25H27N7O2. The predicted octanol–water partition coefficient (Wildman–Crippen LogP) is 2.84. The SMILES string of the molecule is CC[C@@H]1CN(C(=O)C2(C#N)CC2)CC[C@H]1Nc1c(C(N)=O)cnn2cc(-c3ccncc3)cc12. The number of piperidine rings is 1. The first-order valence-electron chi connectivity index (χ1n) is 11.6. The number of fused-ring (bicyclic) bond motifs is 1. The van der Waals surface area contributed by atoms with E-state index in [0.717, 1.165) is 29.5 Å². The Balaban J connectivity index is 1.45. The van der Waals surface area contributed by atoms with Gasteiger partial charge in [0.1, 0.15) is 5.41 Å². The van der Waals surface area contributed by atoms with Crippen molar-refractivity contribution in [2.45, 2.75) is 38.6 Å². The van der Waals surface area contributed by atoms with Gasteiger partial charge in [-0.3, -0.25) is 14.6 Å². The summed E-state index contributed by atoms with van der Waals surface area (Å²) < 4.78 is 1.74. The molecule has 3 N–H and O–H groups in total. The number of nitrogens with two attached hydrogens (primary N) is 1. The van der Waals surface area contributed by atoms with Gasteiger partial charge in [-0.15, -0.1) is 0 Å². The van der Waals surface area contributed by atoms with Gasteiger partial charge in [-0.2, -0.15) is 10.4 Å². The molecule has 9 nitrogen and oxygen atoms in total. The Bertz CT molecular complexity index is 1290. The number of anilines is 1. The summed E-state index contributed by atoms with van der Waals surface area (Å²) in [6, 6.07) is 8.10. The summed E-state index contributed by atoms with van der Waals surface area (Å²) in [6.45, 7) is 3.26. The standard InChI is InChI=1S/C25H27N7O2/c1-2-16-13-31(24(34)25(15-26)6-7-25)10-5-20(16)30-22-19(23(27)33)12-29-32-14-18(11-21(22)32)17-3-8-28-9-4-17/h3-4,8-9,11-12,14,16,20,30H,2,5-7,10,13H2,1H3,(H2,27,33)/t16-,20-/m1/s1. The first-order valence-corrected chi connectivity index (χ1v) is 11.6. The number of rotatable bonds is 6. The molecule has 0 bridgehead atoms. The van der Waals surface area contributed by atoms with E-state index in [1.165, 1.54) is 6.20 Å². The Labute approximate surface area is 197 Å². The predicted molar refractivity (Wildman–Crippen MR) is 127 cm³/mol. The fourth-order valence-corrected chi connectivity index (χ4v) is 4.90. The third-order valence-electron chi connectivity index (χ3n) is 7.16. The number of nitrogens with one attached hydrogen (secondary N) is 1. The molecule has 1 saturated heterocycles. The number of pyridine rings is 1. The van der Waals surface area contributed by atoms with E-state index in [0.29, 0.717) is 37.2 Å². The maximum atomic E-state index is 12.9. The van der Waals surface area contributed by atoms with Crippen LogP contribution in [-0.4, -0.2) is 50.4 Å². The van der Waals surface area contributed by atoms with Crippen LogP contribution in [0.25, 0.3) is 16.6 Å². The second-order valence-corrected chi connectivity index (χ2v) is 9.24. The van der Waals surface area contributed by atoms with Gasteiger partial charge in [0.2, 0.25) is 5.91 Å². The molecule has 0 unspecified atom stereocenters. The van der Waals surface area contributed by atoms with Crippen LogP contribution >= 0.6 is 0 Å². The first kappa shape index (κ1) is 21.9. The maximum absolute atomic E-state index is 12.9. The van der Waals surface area contributed by atoms with E-state index in [-0.39, 0.29) is 17.9 Å². The number of aromatic nitrogens is 3. The molecular weight excluding hydrogens is 430 g/mol. The third-order valence-corrected chi connectivity index (χ3v) is 7.16. The highest BCUT2D eigenvalue weighted by molar-refractivity contribution is 6.02. The molecule has 1 aliphatic heterocycles. The minimum atomic E-state index is -0.801. The average molecular weight is 458 g/mol. The van der Waals surface area contributed by atoms with Crippen LogP contribution < -0.4 is 11.1 Å². The van der Waals surface area contributed by atoms with Gasteiger partial charge in [0.05, 0.1) is 29.0 Å². The second-order valence-electron chi connectivity index (χ2n) is 9.24. The normalized spacial score (nSPS) is 21.1. The largest absolute Gasteiger partial charge is 0.379 e. The Hall–Kier alpha value is -3.93. The average Bonchev–Trinajstić information content (AvgIpc) is 3.55. The molecule has 4 heterocycles. The molecule has 2 amide bonds. The zero-order valence-corrected chi connectivity index (χ0v) is 19.1. The monoisotopic (exact) mass is 457 g/mol. The number of hydrogen-bond donors (Lipinski definition) is 2. The van der Waals surface area contributed by atoms with Crippen LogP contribution in [0.1, 0.15) is 43.0 Å². The lowest BCUT2D eigenvalue weighted by molar-refractivity contribution is -0.137. The molecule has 0 aromatic carbocycles. The van der Waals surface area contributed by atoms with Gasteiger partial charge in [0.15, 0.2) is 0 Å². The van der Waals surface area contributed by atoms with Crippen molar-refractivity contribution in [2.24, 2.45) is 17.1 Å². The van der Waals surface area contributed by atoms with Crippen molar-refractivity contribution in [2.75, 3.05) is 18.4 Å². The lowest BCUT2D eigenvalue weighted by Crippen LogP contribution is -2.50. The molecule has 2 atom stereocenters. The van der Waals surface area contributed by atoms with Gasteiger partial charge in [-0.1, -0.05) is 6.92 Å². The Morgan fingerprint density at radius 1 is 1.29 bits per heavy atom. The van der Waals surface area contributed by atoms with Crippen molar-refractivity contribution in [1.29, 1.82) is 5.26 Å². The molecule has 1 saturated carbocycles. The molecule has 3 aromatic rings. The summed E-state index contributed by atoms with van der Waals surface area (Å²) in [7, 11) is 0. The fraction of sp³-hybridized carbons (Fsp3) is 0.400. The van der Waals surface area contributed by atoms with E-state index in [1.807, 2.05) is 29.3 Å². The number of hydrogen-bond acceptors (Lipinski definition) is 6. The number of nitriles is 1. The topological polar surface area (TPSA) is 129 Å². The Morgan fingerprint density at radius 3 is 2.71 bits per heavy atom. The lowest BCUT2D eigenvalue weighted by atomic mass is 9.88. The second kappa shape index (κ2) is 8.45. The maximum Gasteiger partial charge on any atom is 0.252 e. The summed E-state index contributed by atoms with van der Waals surface area (Å²) >= 11 is 0. The van der Waals surface area contributed by atoms with Crippen LogP contribution in [0.15, 0.2) is 43.0 Å². The van der Waals surface area contributed by atoms with Gasteiger partial charge in [-0.05, 0) is 55.4 Å². The van der Waals surface area contributed by atoms with E-state index >= 15 is 0 Å². The third kappa shape index (κ3) is 3.75. The summed E-state index contributed by atoms with van der Waals surface area (Å²) in [5.74, 6) is -0.408. The number of carbonyl (C=O) groups excluding carboxylic acids is 2. The van der Waals surface area contributed by atoms with Gasteiger partial charge in [0.25, 0.3) is 5.91 Å². The first-order chi connectivity index (χ1) is 16.5. The highest BCUT2D eigenvalue weighted by Crippen LogP contribution is 2.47. The number of nitrogens with zero attached hydrogens (tertiary/aromatic N) is 5. The fourth-order valence-electron chi connectivity index (χ4n) is 4.90. The highest BCUT2D eigenvalue weighted by atomic mass is 16.2. The van der Waals surface area contributed by atoms with E-state index in [4.69, 9.17) is 5.73 Å². The molecule has 5 rings (SSSR count). The van der Waals surface area contributed by atoms with Gasteiger partial charge in [0, 0.05) is 43.3 Å². The van der Waals surface area contributed by atoms with Crippen LogP contribution in [0.3, 0.4) is 0 Å². The molecule has 0 spiro atoms. The van der Waals surface area contributed by atoms with E-state index in [1.54, 1.807) is 16.9 Å². The molecule has 0 radical (unpaired) electrons. The molecule has 3 aromatic heterocycles. The highest BCUT2D eigenvalue weighted by Gasteiger charge is 2.53. The molecule has 34 heavy (non-hydrogen) atoms. The zero-order valence-electron chi connectivity index (χ0n) is 19.1. The van der Waals surface area contributed by atoms with Crippen LogP contribution in [-0.2, 0) is 4.79 Å². The number of likely N-dealkylation sites (tertiary alicyclic amines) is 1. The summed E-state index contributed by atoms with van der Waals surface area (Å²) in [5, 5.41) is 17.4. The van der Waals surface area contributed by atoms with Crippen molar-refractivity contribution >= 4 is 23.0 Å². The molecule has 9 heteroatoms. The van der Waals surface area contributed by atoms with Gasteiger partial charge < -0.3 is 16.0 Å². The van der Waals surface area contributed by atoms with Gasteiger partial charge >= 0.3 is 0 Å². The number of primary amides is 1. The van der Waals surface area contributed by atoms with Crippen molar-refractivity contribution in [1.82, 2.24) is 19.5 Å². The van der Waals surface area contributed by atoms with Crippen molar-refractivity contribution in [3.63, 3.8) is 0 Å². The van der Waals surface area contributed by atoms with Crippen LogP contribution in [0.4, 0.5) is 5.69 Å². The van der Waals surface area contributed by atoms with Crippen LogP contribution in [0.2, 0.25) is 0 Å². The smallest absolute Gasteiger partial charge is 0.252 e. The summed E-state index contributed by atoms with van der Waals surface area (Å²) in [6.07, 6.45) is 9.77. The molecule has 174 valence electrons. The van der Waals surface area contributed by atoms with E-state index in [2.05, 4.69) is 28.4 Å². The number of amides is 2. The van der Waals surface area contributed by atoms with Crippen molar-refractivity contribution in [3.8, 4) is 17.2 Å². The Kier molecular flexibility index (Phi) is 5.44. The Morgan fingerprint density at radius 2 is 2.06 bits per heavy atom. The molecule has 1 aliphatic carbocycles. The van der Waals surface area contributed by atoms with Crippen LogP contribution in [0, 0.1) is 22.7 Å². The summed E-state index contributed by atoms with van der Waals surface area (Å²) in [5.41, 5.74) is 8.61. The summed E-state index contributed by atoms with van der Waals surface area (Å²) in [4.78, 5) is 31.1. The van der Waals surface area contributed by atoms with Crippen molar-refractivity contribution in [3.05, 3.63) is 48.5 Å². The zero-order chi connectivity index (χ0) is 23.9. The van der Waals surface area contributed by atoms with Crippen molar-refractivity contribution < 1.29 is 9.59 Å². The lowest BCUT2D eigenvalue weighted by Gasteiger charge is -2.40. The number of carbonyl (C=O) groups is 2. The van der Waals surface area contributed by atoms with Crippen LogP contribution in [0.5, 0.6) is 0 Å². The molecule has 2 aliphatic rings. The molecule has 2 fully saturated rings. The minimum absolute atomic E-state index is 0.0374.